The first-order valence-corrected chi connectivity index (χ1v) is 16.4. The summed E-state index contributed by atoms with van der Waals surface area (Å²) in [6.45, 7) is 0. The van der Waals surface area contributed by atoms with Gasteiger partial charge in [-0.3, -0.25) is 0 Å². The van der Waals surface area contributed by atoms with E-state index in [0.717, 1.165) is 39.0 Å². The normalized spacial score (nSPS) is 11.3. The molecular weight excluding hydrogens is 583 g/mol. The highest BCUT2D eigenvalue weighted by atomic mass is 16.3. The number of para-hydroxylation sites is 1. The van der Waals surface area contributed by atoms with E-state index in [2.05, 4.69) is 181 Å². The van der Waals surface area contributed by atoms with Gasteiger partial charge in [0.05, 0.1) is 11.4 Å². The van der Waals surface area contributed by atoms with Crippen molar-refractivity contribution in [3.63, 3.8) is 0 Å². The van der Waals surface area contributed by atoms with Crippen LogP contribution in [0.5, 0.6) is 0 Å². The largest absolute Gasteiger partial charge is 0.456 e. The third kappa shape index (κ3) is 4.74. The van der Waals surface area contributed by atoms with Crippen molar-refractivity contribution in [3.8, 4) is 33.4 Å². The van der Waals surface area contributed by atoms with E-state index in [9.17, 15) is 0 Å². The molecule has 0 unspecified atom stereocenters. The van der Waals surface area contributed by atoms with Crippen molar-refractivity contribution in [3.05, 3.63) is 188 Å². The number of furan rings is 1. The molecule has 0 aliphatic rings. The number of benzene rings is 8. The van der Waals surface area contributed by atoms with Gasteiger partial charge in [0, 0.05) is 33.5 Å². The predicted octanol–water partition coefficient (Wildman–Crippen LogP) is 13.2. The summed E-state index contributed by atoms with van der Waals surface area (Å²) in [5.74, 6) is 0. The lowest BCUT2D eigenvalue weighted by Gasteiger charge is -2.30. The second kappa shape index (κ2) is 11.8. The van der Waals surface area contributed by atoms with E-state index in [4.69, 9.17) is 4.42 Å². The third-order valence-corrected chi connectivity index (χ3v) is 9.28. The fourth-order valence-corrected chi connectivity index (χ4v) is 7.10. The van der Waals surface area contributed by atoms with Gasteiger partial charge in [0.1, 0.15) is 11.2 Å². The zero-order chi connectivity index (χ0) is 31.9. The van der Waals surface area contributed by atoms with Gasteiger partial charge in [0.25, 0.3) is 0 Å². The topological polar surface area (TPSA) is 16.4 Å². The van der Waals surface area contributed by atoms with Gasteiger partial charge in [-0.2, -0.15) is 0 Å². The smallest absolute Gasteiger partial charge is 0.137 e. The molecule has 8 aromatic carbocycles. The van der Waals surface area contributed by atoms with Crippen LogP contribution in [0.25, 0.3) is 66.1 Å². The Balaban J connectivity index is 1.39. The minimum absolute atomic E-state index is 0.865. The van der Waals surface area contributed by atoms with E-state index in [1.165, 1.54) is 44.2 Å². The lowest BCUT2D eigenvalue weighted by atomic mass is 9.87. The lowest BCUT2D eigenvalue weighted by molar-refractivity contribution is 0.669. The molecule has 0 amide bonds. The molecule has 0 saturated heterocycles. The van der Waals surface area contributed by atoms with Crippen LogP contribution >= 0.6 is 0 Å². The number of hydrogen-bond acceptors (Lipinski definition) is 2. The van der Waals surface area contributed by atoms with E-state index < -0.39 is 0 Å². The molecular formula is C46H31NO. The first kappa shape index (κ1) is 27.9. The van der Waals surface area contributed by atoms with Gasteiger partial charge in [-0.15, -0.1) is 0 Å². The van der Waals surface area contributed by atoms with Gasteiger partial charge in [-0.25, -0.2) is 0 Å². The Bertz CT molecular complexity index is 2560. The molecule has 0 radical (unpaired) electrons. The van der Waals surface area contributed by atoms with Gasteiger partial charge in [0.2, 0.25) is 0 Å². The van der Waals surface area contributed by atoms with Crippen molar-refractivity contribution in [2.45, 2.75) is 0 Å². The third-order valence-electron chi connectivity index (χ3n) is 9.28. The van der Waals surface area contributed by atoms with E-state index in [-0.39, 0.29) is 0 Å². The summed E-state index contributed by atoms with van der Waals surface area (Å²) < 4.78 is 6.46. The summed E-state index contributed by atoms with van der Waals surface area (Å²) in [6.07, 6.45) is 0. The number of hydrogen-bond donors (Lipinski definition) is 0. The molecule has 1 heterocycles. The van der Waals surface area contributed by atoms with Gasteiger partial charge in [0.15, 0.2) is 0 Å². The van der Waals surface area contributed by atoms with Crippen molar-refractivity contribution >= 4 is 49.8 Å². The number of rotatable bonds is 6. The molecule has 9 rings (SSSR count). The maximum Gasteiger partial charge on any atom is 0.137 e. The molecule has 9 aromatic rings. The van der Waals surface area contributed by atoms with E-state index in [1.54, 1.807) is 0 Å². The van der Waals surface area contributed by atoms with Crippen molar-refractivity contribution in [1.29, 1.82) is 0 Å². The average molecular weight is 614 g/mol. The van der Waals surface area contributed by atoms with Crippen LogP contribution in [0.1, 0.15) is 0 Å². The van der Waals surface area contributed by atoms with Crippen LogP contribution < -0.4 is 4.90 Å². The molecule has 0 spiro atoms. The molecule has 0 atom stereocenters. The SMILES string of the molecule is c1ccc(-c2ccccc2-c2c(-c3ccccc3)cccc2N(c2ccc3c(c2)oc2ccccc23)c2cccc3ccccc23)cc1. The summed E-state index contributed by atoms with van der Waals surface area (Å²) in [7, 11) is 0. The Kier molecular flexibility index (Phi) is 6.84. The second-order valence-electron chi connectivity index (χ2n) is 12.1. The molecule has 2 heteroatoms. The van der Waals surface area contributed by atoms with Crippen LogP contribution in [0.2, 0.25) is 0 Å². The van der Waals surface area contributed by atoms with Gasteiger partial charge in [-0.1, -0.05) is 152 Å². The molecule has 0 bridgehead atoms. The molecule has 0 fully saturated rings. The molecule has 1 aromatic heterocycles. The molecule has 0 saturated carbocycles. The lowest BCUT2D eigenvalue weighted by Crippen LogP contribution is -2.12. The Morgan fingerprint density at radius 3 is 1.73 bits per heavy atom. The van der Waals surface area contributed by atoms with Crippen molar-refractivity contribution < 1.29 is 4.42 Å². The average Bonchev–Trinajstić information content (AvgIpc) is 3.54. The zero-order valence-electron chi connectivity index (χ0n) is 26.3. The maximum absolute atomic E-state index is 6.46. The highest BCUT2D eigenvalue weighted by Crippen LogP contribution is 2.49. The predicted molar refractivity (Wildman–Crippen MR) is 202 cm³/mol. The van der Waals surface area contributed by atoms with Gasteiger partial charge in [-0.05, 0) is 63.5 Å². The fourth-order valence-electron chi connectivity index (χ4n) is 7.10. The van der Waals surface area contributed by atoms with Crippen LogP contribution in [0, 0.1) is 0 Å². The molecule has 0 aliphatic carbocycles. The van der Waals surface area contributed by atoms with Crippen molar-refractivity contribution in [1.82, 2.24) is 0 Å². The standard InChI is InChI=1S/C46H31NO/c1-3-15-32(16-4-1)36-21-9-10-24-41(36)46-38(34-17-5-2-6-18-34)25-14-27-43(46)47(42-26-13-20-33-19-7-8-22-37(33)42)35-29-30-40-39-23-11-12-28-44(39)48-45(40)31-35/h1-31H. The molecule has 0 N–H and O–H groups in total. The zero-order valence-corrected chi connectivity index (χ0v) is 26.3. The minimum atomic E-state index is 0.865. The van der Waals surface area contributed by atoms with E-state index >= 15 is 0 Å². The summed E-state index contributed by atoms with van der Waals surface area (Å²) in [5, 5.41) is 4.60. The Hall–Kier alpha value is -6.38. The molecule has 2 nitrogen and oxygen atoms in total. The first-order valence-electron chi connectivity index (χ1n) is 16.4. The first-order chi connectivity index (χ1) is 23.8. The molecule has 0 aliphatic heterocycles. The Morgan fingerprint density at radius 1 is 0.354 bits per heavy atom. The highest BCUT2D eigenvalue weighted by Gasteiger charge is 2.24. The van der Waals surface area contributed by atoms with Gasteiger partial charge < -0.3 is 9.32 Å². The number of anilines is 3. The van der Waals surface area contributed by atoms with Crippen molar-refractivity contribution in [2.24, 2.45) is 0 Å². The van der Waals surface area contributed by atoms with Gasteiger partial charge >= 0.3 is 0 Å². The summed E-state index contributed by atoms with van der Waals surface area (Å²) >= 11 is 0. The molecule has 48 heavy (non-hydrogen) atoms. The quantitative estimate of drug-likeness (QED) is 0.185. The van der Waals surface area contributed by atoms with Crippen LogP contribution in [0.3, 0.4) is 0 Å². The van der Waals surface area contributed by atoms with Crippen molar-refractivity contribution in [2.75, 3.05) is 4.90 Å². The van der Waals surface area contributed by atoms with E-state index in [0.29, 0.717) is 0 Å². The summed E-state index contributed by atoms with van der Waals surface area (Å²) in [5.41, 5.74) is 12.0. The molecule has 226 valence electrons. The fraction of sp³-hybridized carbons (Fsp3) is 0. The summed E-state index contributed by atoms with van der Waals surface area (Å²) in [6, 6.07) is 67.0. The number of nitrogens with zero attached hydrogens (tertiary/aromatic N) is 1. The monoisotopic (exact) mass is 613 g/mol. The number of fused-ring (bicyclic) bond motifs is 4. The Morgan fingerprint density at radius 2 is 0.917 bits per heavy atom. The minimum Gasteiger partial charge on any atom is -0.456 e. The highest BCUT2D eigenvalue weighted by molar-refractivity contribution is 6.09. The van der Waals surface area contributed by atoms with E-state index in [1.807, 2.05) is 12.1 Å². The van der Waals surface area contributed by atoms with Crippen LogP contribution in [0.15, 0.2) is 192 Å². The van der Waals surface area contributed by atoms with Crippen LogP contribution in [0.4, 0.5) is 17.1 Å². The Labute approximate surface area is 279 Å². The second-order valence-corrected chi connectivity index (χ2v) is 12.1. The maximum atomic E-state index is 6.46. The van der Waals surface area contributed by atoms with Crippen LogP contribution in [-0.2, 0) is 0 Å². The summed E-state index contributed by atoms with van der Waals surface area (Å²) in [4.78, 5) is 2.42. The van der Waals surface area contributed by atoms with Crippen LogP contribution in [-0.4, -0.2) is 0 Å².